The summed E-state index contributed by atoms with van der Waals surface area (Å²) < 4.78 is 4.91. The first-order valence-electron chi connectivity index (χ1n) is 12.2. The van der Waals surface area contributed by atoms with Gasteiger partial charge in [0.15, 0.2) is 5.78 Å². The van der Waals surface area contributed by atoms with E-state index >= 15 is 0 Å². The minimum absolute atomic E-state index is 0.00322. The molecule has 0 saturated heterocycles. The SMILES string of the molecule is COC(=O)[C@H](C[C@@H]1CCCCC1=O)NC(=O)[C@@H](CC(=O)c1cc2cc(Cl)cc(Cl)c2[nH]1)CC1CC1. The lowest BCUT2D eigenvalue weighted by Gasteiger charge is -2.26. The summed E-state index contributed by atoms with van der Waals surface area (Å²) in [6.07, 6.45) is 5.84. The molecule has 3 atom stereocenters. The van der Waals surface area contributed by atoms with Crippen LogP contribution in [0.3, 0.4) is 0 Å². The van der Waals surface area contributed by atoms with Crippen molar-refractivity contribution in [2.45, 2.75) is 63.8 Å². The summed E-state index contributed by atoms with van der Waals surface area (Å²) in [4.78, 5) is 54.2. The number of hydrogen-bond donors (Lipinski definition) is 2. The van der Waals surface area contributed by atoms with Crippen LogP contribution in [0.1, 0.15) is 68.3 Å². The molecule has 0 aliphatic heterocycles. The molecule has 35 heavy (non-hydrogen) atoms. The van der Waals surface area contributed by atoms with E-state index in [9.17, 15) is 19.2 Å². The largest absolute Gasteiger partial charge is 0.467 e. The third-order valence-corrected chi connectivity index (χ3v) is 7.58. The Morgan fingerprint density at radius 3 is 2.57 bits per heavy atom. The van der Waals surface area contributed by atoms with Crippen molar-refractivity contribution in [3.8, 4) is 0 Å². The second kappa shape index (κ2) is 11.1. The number of carbonyl (C=O) groups is 4. The highest BCUT2D eigenvalue weighted by molar-refractivity contribution is 6.38. The second-order valence-corrected chi connectivity index (χ2v) is 10.6. The number of hydrogen-bond acceptors (Lipinski definition) is 5. The summed E-state index contributed by atoms with van der Waals surface area (Å²) in [5.41, 5.74) is 0.973. The minimum atomic E-state index is -0.912. The van der Waals surface area contributed by atoms with Gasteiger partial charge in [-0.15, -0.1) is 0 Å². The molecule has 2 aliphatic carbocycles. The molecule has 0 spiro atoms. The smallest absolute Gasteiger partial charge is 0.328 e. The molecule has 7 nitrogen and oxygen atoms in total. The number of aromatic nitrogens is 1. The standard InChI is InChI=1S/C26H30Cl2N2O5/c1-35-26(34)21(10-15-4-2-3-5-22(15)31)30-25(33)17(8-14-6-7-14)12-23(32)20-11-16-9-18(27)13-19(28)24(16)29-20/h9,11,13-15,17,21,29H,2-8,10,12H2,1H3,(H,30,33)/t15-,17+,21-/m0/s1. The van der Waals surface area contributed by atoms with Crippen LogP contribution < -0.4 is 5.32 Å². The van der Waals surface area contributed by atoms with Crippen molar-refractivity contribution in [3.63, 3.8) is 0 Å². The van der Waals surface area contributed by atoms with E-state index in [1.165, 1.54) is 7.11 Å². The number of ether oxygens (including phenoxy) is 1. The van der Waals surface area contributed by atoms with Crippen molar-refractivity contribution in [2.75, 3.05) is 7.11 Å². The van der Waals surface area contributed by atoms with Gasteiger partial charge in [-0.3, -0.25) is 14.4 Å². The molecular weight excluding hydrogens is 491 g/mol. The van der Waals surface area contributed by atoms with E-state index in [1.807, 2.05) is 0 Å². The molecule has 4 rings (SSSR count). The number of fused-ring (bicyclic) bond motifs is 1. The molecule has 1 amide bonds. The van der Waals surface area contributed by atoms with Gasteiger partial charge in [-0.25, -0.2) is 4.79 Å². The number of carbonyl (C=O) groups excluding carboxylic acids is 4. The van der Waals surface area contributed by atoms with Gasteiger partial charge in [0.1, 0.15) is 11.8 Å². The lowest BCUT2D eigenvalue weighted by Crippen LogP contribution is -2.46. The fourth-order valence-corrected chi connectivity index (χ4v) is 5.48. The van der Waals surface area contributed by atoms with Gasteiger partial charge >= 0.3 is 5.97 Å². The zero-order chi connectivity index (χ0) is 25.1. The lowest BCUT2D eigenvalue weighted by molar-refractivity contribution is -0.146. The van der Waals surface area contributed by atoms with Gasteiger partial charge in [0.05, 0.1) is 23.3 Å². The molecule has 0 bridgehead atoms. The molecule has 2 aromatic rings. The monoisotopic (exact) mass is 520 g/mol. The van der Waals surface area contributed by atoms with Crippen molar-refractivity contribution >= 4 is 57.5 Å². The highest BCUT2D eigenvalue weighted by Crippen LogP contribution is 2.37. The number of benzene rings is 1. The molecule has 0 unspecified atom stereocenters. The fraction of sp³-hybridized carbons (Fsp3) is 0.538. The maximum atomic E-state index is 13.3. The number of amides is 1. The van der Waals surface area contributed by atoms with Gasteiger partial charge in [-0.2, -0.15) is 0 Å². The first-order chi connectivity index (χ1) is 16.7. The van der Waals surface area contributed by atoms with Crippen molar-refractivity contribution in [1.29, 1.82) is 0 Å². The normalized spacial score (nSPS) is 19.9. The third kappa shape index (κ3) is 6.44. The number of nitrogens with one attached hydrogen (secondary N) is 2. The van der Waals surface area contributed by atoms with Crippen LogP contribution in [-0.2, 0) is 19.1 Å². The number of esters is 1. The number of halogens is 2. The molecule has 9 heteroatoms. The van der Waals surface area contributed by atoms with E-state index < -0.39 is 17.9 Å². The highest BCUT2D eigenvalue weighted by Gasteiger charge is 2.35. The molecule has 0 radical (unpaired) electrons. The number of H-pyrrole nitrogens is 1. The van der Waals surface area contributed by atoms with Gasteiger partial charge in [-0.1, -0.05) is 42.5 Å². The Morgan fingerprint density at radius 1 is 1.11 bits per heavy atom. The summed E-state index contributed by atoms with van der Waals surface area (Å²) in [5, 5.41) is 4.40. The van der Waals surface area contributed by atoms with Crippen molar-refractivity contribution < 1.29 is 23.9 Å². The number of Topliss-reactive ketones (excluding diaryl/α,β-unsaturated/α-hetero) is 2. The molecule has 2 saturated carbocycles. The average molecular weight is 521 g/mol. The Hall–Kier alpha value is -2.38. The van der Waals surface area contributed by atoms with Gasteiger partial charge in [0, 0.05) is 35.1 Å². The van der Waals surface area contributed by atoms with Gasteiger partial charge in [0.2, 0.25) is 5.91 Å². The molecule has 1 aromatic heterocycles. The molecule has 1 heterocycles. The highest BCUT2D eigenvalue weighted by atomic mass is 35.5. The van der Waals surface area contributed by atoms with Crippen LogP contribution in [0, 0.1) is 17.8 Å². The van der Waals surface area contributed by atoms with Gasteiger partial charge in [0.25, 0.3) is 0 Å². The first-order valence-corrected chi connectivity index (χ1v) is 12.9. The maximum Gasteiger partial charge on any atom is 0.328 e. The van der Waals surface area contributed by atoms with Gasteiger partial charge in [-0.05, 0) is 49.8 Å². The first kappa shape index (κ1) is 25.7. The molecule has 2 N–H and O–H groups in total. The van der Waals surface area contributed by atoms with Crippen LogP contribution in [0.25, 0.3) is 10.9 Å². The summed E-state index contributed by atoms with van der Waals surface area (Å²) in [6.45, 7) is 0. The van der Waals surface area contributed by atoms with E-state index in [-0.39, 0.29) is 36.2 Å². The number of rotatable bonds is 10. The number of ketones is 2. The van der Waals surface area contributed by atoms with Crippen LogP contribution in [0.15, 0.2) is 18.2 Å². The van der Waals surface area contributed by atoms with Crippen molar-refractivity contribution in [3.05, 3.63) is 33.9 Å². The fourth-order valence-electron chi connectivity index (χ4n) is 4.92. The molecule has 1 aromatic carbocycles. The van der Waals surface area contributed by atoms with Gasteiger partial charge < -0.3 is 15.0 Å². The summed E-state index contributed by atoms with van der Waals surface area (Å²) in [5.74, 6) is -1.48. The van der Waals surface area contributed by atoms with Crippen molar-refractivity contribution in [2.24, 2.45) is 17.8 Å². The Kier molecular flexibility index (Phi) is 8.17. The Morgan fingerprint density at radius 2 is 1.89 bits per heavy atom. The van der Waals surface area contributed by atoms with E-state index in [2.05, 4.69) is 10.3 Å². The maximum absolute atomic E-state index is 13.3. The quantitative estimate of drug-likeness (QED) is 0.327. The third-order valence-electron chi connectivity index (χ3n) is 7.07. The van der Waals surface area contributed by atoms with Crippen LogP contribution in [0.4, 0.5) is 0 Å². The zero-order valence-corrected chi connectivity index (χ0v) is 21.2. The van der Waals surface area contributed by atoms with E-state index in [1.54, 1.807) is 18.2 Å². The zero-order valence-electron chi connectivity index (χ0n) is 19.7. The van der Waals surface area contributed by atoms with E-state index in [4.69, 9.17) is 27.9 Å². The molecule has 188 valence electrons. The second-order valence-electron chi connectivity index (χ2n) is 9.77. The van der Waals surface area contributed by atoms with Crippen molar-refractivity contribution in [1.82, 2.24) is 10.3 Å². The molecule has 2 aliphatic rings. The summed E-state index contributed by atoms with van der Waals surface area (Å²) in [6, 6.07) is 4.10. The predicted octanol–water partition coefficient (Wildman–Crippen LogP) is 5.27. The van der Waals surface area contributed by atoms with E-state index in [0.29, 0.717) is 46.4 Å². The molecule has 2 fully saturated rings. The van der Waals surface area contributed by atoms with Crippen LogP contribution in [0.2, 0.25) is 10.0 Å². The summed E-state index contributed by atoms with van der Waals surface area (Å²) >= 11 is 12.3. The number of aromatic amines is 1. The lowest BCUT2D eigenvalue weighted by atomic mass is 9.83. The Balaban J connectivity index is 1.48. The van der Waals surface area contributed by atoms with E-state index in [0.717, 1.165) is 31.1 Å². The average Bonchev–Trinajstić information content (AvgIpc) is 3.54. The number of methoxy groups -OCH3 is 1. The summed E-state index contributed by atoms with van der Waals surface area (Å²) in [7, 11) is 1.27. The minimum Gasteiger partial charge on any atom is -0.467 e. The Bertz CT molecular complexity index is 1140. The van der Waals surface area contributed by atoms with Crippen LogP contribution in [0.5, 0.6) is 0 Å². The van der Waals surface area contributed by atoms with Crippen LogP contribution in [-0.4, -0.2) is 41.6 Å². The predicted molar refractivity (Wildman–Crippen MR) is 134 cm³/mol. The molecular formula is C26H30Cl2N2O5. The Labute approximate surface area is 214 Å². The van der Waals surface area contributed by atoms with Crippen LogP contribution >= 0.6 is 23.2 Å². The topological polar surface area (TPSA) is 105 Å².